The van der Waals surface area contributed by atoms with E-state index in [4.69, 9.17) is 5.11 Å². The molecule has 1 amide bonds. The van der Waals surface area contributed by atoms with Gasteiger partial charge in [0, 0.05) is 27.7 Å². The van der Waals surface area contributed by atoms with Gasteiger partial charge in [0.1, 0.15) is 0 Å². The third kappa shape index (κ3) is 4.70. The van der Waals surface area contributed by atoms with Gasteiger partial charge < -0.3 is 5.11 Å². The number of hydrogen-bond acceptors (Lipinski definition) is 2. The lowest BCUT2D eigenvalue weighted by Gasteiger charge is -2.15. The molecule has 0 saturated carbocycles. The number of nitrogens with zero attached hydrogens (tertiary/aromatic N) is 1. The summed E-state index contributed by atoms with van der Waals surface area (Å²) in [4.78, 5) is 23.7. The number of hydrogen-bond donors (Lipinski definition) is 2. The van der Waals surface area contributed by atoms with Crippen LogP contribution >= 0.6 is 15.9 Å². The molecule has 3 aromatic rings. The van der Waals surface area contributed by atoms with E-state index in [0.29, 0.717) is 12.0 Å². The van der Waals surface area contributed by atoms with E-state index in [2.05, 4.69) is 40.4 Å². The summed E-state index contributed by atoms with van der Waals surface area (Å²) in [6.45, 7) is 2.10. The van der Waals surface area contributed by atoms with Crippen molar-refractivity contribution in [2.45, 2.75) is 26.2 Å². The molecular weight excluding hydrogens is 420 g/mol. The van der Waals surface area contributed by atoms with E-state index >= 15 is 0 Å². The van der Waals surface area contributed by atoms with Crippen molar-refractivity contribution >= 4 is 27.8 Å². The highest BCUT2D eigenvalue weighted by molar-refractivity contribution is 9.10. The molecule has 0 atom stereocenters. The number of aromatic nitrogens is 1. The molecule has 0 aliphatic carbocycles. The lowest BCUT2D eigenvalue weighted by atomic mass is 10.1. The van der Waals surface area contributed by atoms with E-state index in [9.17, 15) is 9.59 Å². The van der Waals surface area contributed by atoms with Crippen LogP contribution in [0.2, 0.25) is 0 Å². The van der Waals surface area contributed by atoms with E-state index in [1.807, 2.05) is 24.3 Å². The molecule has 0 radical (unpaired) electrons. The van der Waals surface area contributed by atoms with Gasteiger partial charge in [-0.05, 0) is 48.4 Å². The van der Waals surface area contributed by atoms with Crippen molar-refractivity contribution in [3.8, 4) is 11.3 Å². The molecule has 0 bridgehead atoms. The molecule has 0 aliphatic heterocycles. The van der Waals surface area contributed by atoms with Crippen LogP contribution in [0.4, 0.5) is 0 Å². The van der Waals surface area contributed by atoms with Crippen molar-refractivity contribution in [2.24, 2.45) is 0 Å². The summed E-state index contributed by atoms with van der Waals surface area (Å²) in [5, 5.41) is 9.03. The molecular formula is C22H21BrN2O3. The summed E-state index contributed by atoms with van der Waals surface area (Å²) in [5.74, 6) is -1.13. The van der Waals surface area contributed by atoms with Gasteiger partial charge in [-0.15, -0.1) is 0 Å². The number of carbonyl (C=O) groups excluding carboxylic acids is 1. The summed E-state index contributed by atoms with van der Waals surface area (Å²) >= 11 is 3.36. The molecule has 2 N–H and O–H groups in total. The second-order valence-electron chi connectivity index (χ2n) is 6.44. The van der Waals surface area contributed by atoms with Gasteiger partial charge >= 0.3 is 5.97 Å². The predicted octanol–water partition coefficient (Wildman–Crippen LogP) is 4.88. The molecule has 28 heavy (non-hydrogen) atoms. The fourth-order valence-corrected chi connectivity index (χ4v) is 3.21. The van der Waals surface area contributed by atoms with Crippen LogP contribution in [-0.4, -0.2) is 21.7 Å². The SMILES string of the molecule is CCc1ccc(-c2ccc(CCC(=O)O)n2NC(=O)c2ccc(Br)cc2)cc1. The highest BCUT2D eigenvalue weighted by atomic mass is 79.9. The monoisotopic (exact) mass is 440 g/mol. The molecule has 0 aliphatic rings. The lowest BCUT2D eigenvalue weighted by molar-refractivity contribution is -0.136. The Morgan fingerprint density at radius 2 is 1.68 bits per heavy atom. The van der Waals surface area contributed by atoms with Gasteiger partial charge in [0.25, 0.3) is 5.91 Å². The average Bonchev–Trinajstić information content (AvgIpc) is 3.09. The maximum Gasteiger partial charge on any atom is 0.303 e. The van der Waals surface area contributed by atoms with E-state index in [-0.39, 0.29) is 12.3 Å². The zero-order valence-electron chi connectivity index (χ0n) is 15.5. The topological polar surface area (TPSA) is 71.3 Å². The Morgan fingerprint density at radius 1 is 1.00 bits per heavy atom. The minimum absolute atomic E-state index is 0.00756. The number of carbonyl (C=O) groups is 2. The average molecular weight is 441 g/mol. The van der Waals surface area contributed by atoms with Crippen LogP contribution in [0, 0.1) is 0 Å². The summed E-state index contributed by atoms with van der Waals surface area (Å²) < 4.78 is 2.58. The molecule has 1 heterocycles. The van der Waals surface area contributed by atoms with Gasteiger partial charge in [-0.3, -0.25) is 19.7 Å². The smallest absolute Gasteiger partial charge is 0.303 e. The van der Waals surface area contributed by atoms with E-state index in [0.717, 1.165) is 27.8 Å². The number of benzene rings is 2. The Kier molecular flexibility index (Phi) is 6.31. The Labute approximate surface area is 172 Å². The summed E-state index contributed by atoms with van der Waals surface area (Å²) in [5.41, 5.74) is 7.17. The second kappa shape index (κ2) is 8.89. The first-order chi connectivity index (χ1) is 13.5. The van der Waals surface area contributed by atoms with Crippen molar-refractivity contribution in [3.05, 3.63) is 82.0 Å². The minimum Gasteiger partial charge on any atom is -0.481 e. The van der Waals surface area contributed by atoms with E-state index in [1.54, 1.807) is 28.9 Å². The Hall–Kier alpha value is -2.86. The van der Waals surface area contributed by atoms with Crippen LogP contribution in [0.15, 0.2) is 65.1 Å². The summed E-state index contributed by atoms with van der Waals surface area (Å²) in [6.07, 6.45) is 1.26. The van der Waals surface area contributed by atoms with Crippen molar-refractivity contribution in [2.75, 3.05) is 5.43 Å². The Morgan fingerprint density at radius 3 is 2.29 bits per heavy atom. The number of carboxylic acid groups (broad SMARTS) is 1. The quantitative estimate of drug-likeness (QED) is 0.549. The number of halogens is 1. The molecule has 0 saturated heterocycles. The molecule has 0 fully saturated rings. The van der Waals surface area contributed by atoms with Gasteiger partial charge in [0.05, 0.1) is 12.1 Å². The minimum atomic E-state index is -0.874. The van der Waals surface area contributed by atoms with Crippen LogP contribution in [0.1, 0.15) is 35.0 Å². The molecule has 2 aromatic carbocycles. The summed E-state index contributed by atoms with van der Waals surface area (Å²) in [6, 6.07) is 19.0. The third-order valence-electron chi connectivity index (χ3n) is 4.53. The van der Waals surface area contributed by atoms with Crippen molar-refractivity contribution in [1.29, 1.82) is 0 Å². The number of amides is 1. The molecule has 0 unspecified atom stereocenters. The number of rotatable bonds is 7. The summed E-state index contributed by atoms with van der Waals surface area (Å²) in [7, 11) is 0. The second-order valence-corrected chi connectivity index (χ2v) is 7.35. The molecule has 144 valence electrons. The van der Waals surface area contributed by atoms with E-state index < -0.39 is 5.97 Å². The fraction of sp³-hybridized carbons (Fsp3) is 0.182. The predicted molar refractivity (Wildman–Crippen MR) is 113 cm³/mol. The molecule has 0 spiro atoms. The number of carboxylic acids is 1. The fourth-order valence-electron chi connectivity index (χ4n) is 2.94. The van der Waals surface area contributed by atoms with Crippen LogP contribution in [0.25, 0.3) is 11.3 Å². The Bertz CT molecular complexity index is 976. The van der Waals surface area contributed by atoms with Crippen molar-refractivity contribution < 1.29 is 14.7 Å². The van der Waals surface area contributed by atoms with Gasteiger partial charge in [-0.2, -0.15) is 0 Å². The van der Waals surface area contributed by atoms with Crippen LogP contribution in [0.5, 0.6) is 0 Å². The standard InChI is InChI=1S/C22H21BrN2O3/c1-2-15-3-5-16(6-4-15)20-13-11-19(12-14-21(26)27)25(20)24-22(28)17-7-9-18(23)10-8-17/h3-11,13H,2,12,14H2,1H3,(H,24,28)(H,26,27). The lowest BCUT2D eigenvalue weighted by Crippen LogP contribution is -2.25. The van der Waals surface area contributed by atoms with Crippen molar-refractivity contribution in [3.63, 3.8) is 0 Å². The van der Waals surface area contributed by atoms with Gasteiger partial charge in [-0.1, -0.05) is 47.1 Å². The van der Waals surface area contributed by atoms with Gasteiger partial charge in [0.15, 0.2) is 0 Å². The normalized spacial score (nSPS) is 10.6. The zero-order chi connectivity index (χ0) is 20.1. The van der Waals surface area contributed by atoms with Gasteiger partial charge in [0.2, 0.25) is 0 Å². The third-order valence-corrected chi connectivity index (χ3v) is 5.06. The maximum atomic E-state index is 12.7. The van der Waals surface area contributed by atoms with Crippen LogP contribution < -0.4 is 5.43 Å². The first-order valence-electron chi connectivity index (χ1n) is 9.06. The number of nitrogens with one attached hydrogen (secondary N) is 1. The highest BCUT2D eigenvalue weighted by Gasteiger charge is 2.15. The highest BCUT2D eigenvalue weighted by Crippen LogP contribution is 2.24. The van der Waals surface area contributed by atoms with Gasteiger partial charge in [-0.25, -0.2) is 0 Å². The molecule has 6 heteroatoms. The molecule has 3 rings (SSSR count). The largest absolute Gasteiger partial charge is 0.481 e. The zero-order valence-corrected chi connectivity index (χ0v) is 17.1. The Balaban J connectivity index is 1.94. The molecule has 1 aromatic heterocycles. The molecule has 5 nitrogen and oxygen atoms in total. The van der Waals surface area contributed by atoms with Crippen LogP contribution in [-0.2, 0) is 17.6 Å². The first-order valence-corrected chi connectivity index (χ1v) is 9.86. The van der Waals surface area contributed by atoms with Crippen molar-refractivity contribution in [1.82, 2.24) is 4.68 Å². The number of aryl methyl sites for hydroxylation is 2. The van der Waals surface area contributed by atoms with Crippen LogP contribution in [0.3, 0.4) is 0 Å². The van der Waals surface area contributed by atoms with E-state index in [1.165, 1.54) is 5.56 Å². The maximum absolute atomic E-state index is 12.7. The number of aliphatic carboxylic acids is 1. The first kappa shape index (κ1) is 19.9.